The maximum atomic E-state index is 13.9. The van der Waals surface area contributed by atoms with Crippen molar-refractivity contribution in [1.82, 2.24) is 4.98 Å². The summed E-state index contributed by atoms with van der Waals surface area (Å²) in [6, 6.07) is 10.8. The molecule has 1 saturated heterocycles. The van der Waals surface area contributed by atoms with E-state index < -0.39 is 23.1 Å². The molecule has 1 aliphatic rings. The number of nitrogens with one attached hydrogen (secondary N) is 2. The molecular formula is C24H24F3N3O2. The Hall–Kier alpha value is -3.29. The predicted octanol–water partition coefficient (Wildman–Crippen LogP) is 5.57. The Morgan fingerprint density at radius 1 is 1.19 bits per heavy atom. The molecule has 1 aromatic heterocycles. The molecule has 4 rings (SSSR count). The Morgan fingerprint density at radius 3 is 2.72 bits per heavy atom. The number of alkyl halides is 3. The third-order valence-corrected chi connectivity index (χ3v) is 6.02. The standard InChI is InChI=1S/C24H24F3N3O2/c1-2-15-7-5-6-12-30(15)16-10-11-21(19(13-16)24(25,26)27)29-23(32)18-14-28-20-9-4-3-8-17(20)22(18)31/h3-4,8-11,13-15H,2,5-7,12H2,1H3,(H,28,31)(H,29,32)/t15-/m0/s1. The number of fused-ring (bicyclic) bond motifs is 1. The van der Waals surface area contributed by atoms with Crippen LogP contribution in [-0.4, -0.2) is 23.5 Å². The minimum Gasteiger partial charge on any atom is -0.369 e. The van der Waals surface area contributed by atoms with Gasteiger partial charge in [-0.15, -0.1) is 0 Å². The predicted molar refractivity (Wildman–Crippen MR) is 119 cm³/mol. The summed E-state index contributed by atoms with van der Waals surface area (Å²) in [5.74, 6) is -0.889. The Morgan fingerprint density at radius 2 is 1.97 bits per heavy atom. The molecule has 0 bridgehead atoms. The monoisotopic (exact) mass is 443 g/mol. The third-order valence-electron chi connectivity index (χ3n) is 6.02. The van der Waals surface area contributed by atoms with Crippen LogP contribution >= 0.6 is 0 Å². The summed E-state index contributed by atoms with van der Waals surface area (Å²) in [4.78, 5) is 30.3. The number of hydrogen-bond acceptors (Lipinski definition) is 3. The van der Waals surface area contributed by atoms with Crippen molar-refractivity contribution in [2.45, 2.75) is 44.8 Å². The van der Waals surface area contributed by atoms with Gasteiger partial charge in [0.25, 0.3) is 5.91 Å². The molecule has 1 fully saturated rings. The number of halogens is 3. The summed E-state index contributed by atoms with van der Waals surface area (Å²) in [6.07, 6.45) is 0.357. The highest BCUT2D eigenvalue weighted by Crippen LogP contribution is 2.39. The number of aromatic amines is 1. The van der Waals surface area contributed by atoms with E-state index in [4.69, 9.17) is 0 Å². The maximum Gasteiger partial charge on any atom is 0.418 e. The molecule has 8 heteroatoms. The van der Waals surface area contributed by atoms with Gasteiger partial charge in [-0.3, -0.25) is 9.59 Å². The van der Waals surface area contributed by atoms with E-state index in [9.17, 15) is 22.8 Å². The van der Waals surface area contributed by atoms with E-state index in [2.05, 4.69) is 10.3 Å². The molecule has 168 valence electrons. The summed E-state index contributed by atoms with van der Waals surface area (Å²) in [7, 11) is 0. The fraction of sp³-hybridized carbons (Fsp3) is 0.333. The normalized spacial score (nSPS) is 16.9. The van der Waals surface area contributed by atoms with Crippen molar-refractivity contribution < 1.29 is 18.0 Å². The quantitative estimate of drug-likeness (QED) is 0.554. The van der Waals surface area contributed by atoms with Gasteiger partial charge in [-0.1, -0.05) is 19.1 Å². The maximum absolute atomic E-state index is 13.9. The molecular weight excluding hydrogens is 419 g/mol. The lowest BCUT2D eigenvalue weighted by molar-refractivity contribution is -0.136. The van der Waals surface area contributed by atoms with Crippen LogP contribution in [0.3, 0.4) is 0 Å². The van der Waals surface area contributed by atoms with Gasteiger partial charge in [-0.2, -0.15) is 13.2 Å². The molecule has 0 saturated carbocycles. The molecule has 0 aliphatic carbocycles. The van der Waals surface area contributed by atoms with Crippen molar-refractivity contribution in [3.05, 3.63) is 70.0 Å². The van der Waals surface area contributed by atoms with Gasteiger partial charge in [0.2, 0.25) is 5.43 Å². The lowest BCUT2D eigenvalue weighted by Crippen LogP contribution is -2.39. The highest BCUT2D eigenvalue weighted by Gasteiger charge is 2.35. The van der Waals surface area contributed by atoms with Crippen molar-refractivity contribution in [2.24, 2.45) is 0 Å². The zero-order chi connectivity index (χ0) is 22.9. The van der Waals surface area contributed by atoms with Crippen LogP contribution in [0.4, 0.5) is 24.5 Å². The fourth-order valence-corrected chi connectivity index (χ4v) is 4.35. The van der Waals surface area contributed by atoms with E-state index in [-0.39, 0.29) is 17.3 Å². The number of piperidine rings is 1. The van der Waals surface area contributed by atoms with Crippen LogP contribution < -0.4 is 15.6 Å². The SMILES string of the molecule is CC[C@H]1CCCCN1c1ccc(NC(=O)c2c[nH]c3ccccc3c2=O)c(C(F)(F)F)c1. The summed E-state index contributed by atoms with van der Waals surface area (Å²) < 4.78 is 41.6. The number of H-pyrrole nitrogens is 1. The molecule has 0 radical (unpaired) electrons. The highest BCUT2D eigenvalue weighted by molar-refractivity contribution is 6.06. The molecule has 1 aliphatic heterocycles. The van der Waals surface area contributed by atoms with Crippen LogP contribution in [0.15, 0.2) is 53.5 Å². The number of amides is 1. The van der Waals surface area contributed by atoms with E-state index in [1.165, 1.54) is 12.3 Å². The van der Waals surface area contributed by atoms with Gasteiger partial charge in [0.1, 0.15) is 5.56 Å². The molecule has 1 amide bonds. The van der Waals surface area contributed by atoms with Crippen LogP contribution in [-0.2, 0) is 6.18 Å². The molecule has 0 unspecified atom stereocenters. The van der Waals surface area contributed by atoms with Gasteiger partial charge in [-0.25, -0.2) is 0 Å². The van der Waals surface area contributed by atoms with Crippen molar-refractivity contribution in [3.8, 4) is 0 Å². The van der Waals surface area contributed by atoms with E-state index in [1.807, 2.05) is 11.8 Å². The smallest absolute Gasteiger partial charge is 0.369 e. The molecule has 32 heavy (non-hydrogen) atoms. The molecule has 1 atom stereocenters. The van der Waals surface area contributed by atoms with E-state index in [1.54, 1.807) is 30.3 Å². The molecule has 3 aromatic rings. The topological polar surface area (TPSA) is 65.2 Å². The average Bonchev–Trinajstić information content (AvgIpc) is 2.79. The average molecular weight is 443 g/mol. The van der Waals surface area contributed by atoms with E-state index >= 15 is 0 Å². The van der Waals surface area contributed by atoms with Crippen molar-refractivity contribution in [2.75, 3.05) is 16.8 Å². The Labute approximate surface area is 183 Å². The molecule has 2 N–H and O–H groups in total. The largest absolute Gasteiger partial charge is 0.418 e. The van der Waals surface area contributed by atoms with Crippen molar-refractivity contribution in [3.63, 3.8) is 0 Å². The van der Waals surface area contributed by atoms with Crippen LogP contribution in [0, 0.1) is 0 Å². The number of carbonyl (C=O) groups excluding carboxylic acids is 1. The van der Waals surface area contributed by atoms with Gasteiger partial charge >= 0.3 is 6.18 Å². The first-order valence-corrected chi connectivity index (χ1v) is 10.7. The van der Waals surface area contributed by atoms with Crippen LogP contribution in [0.2, 0.25) is 0 Å². The fourth-order valence-electron chi connectivity index (χ4n) is 4.35. The van der Waals surface area contributed by atoms with Crippen LogP contribution in [0.1, 0.15) is 48.5 Å². The van der Waals surface area contributed by atoms with Crippen LogP contribution in [0.5, 0.6) is 0 Å². The molecule has 0 spiro atoms. The first-order valence-electron chi connectivity index (χ1n) is 10.7. The number of benzene rings is 2. The first kappa shape index (κ1) is 21.9. The van der Waals surface area contributed by atoms with E-state index in [0.717, 1.165) is 31.7 Å². The summed E-state index contributed by atoms with van der Waals surface area (Å²) in [6.45, 7) is 2.73. The van der Waals surface area contributed by atoms with E-state index in [0.29, 0.717) is 23.1 Å². The number of aromatic nitrogens is 1. The minimum atomic E-state index is -4.66. The Kier molecular flexibility index (Phi) is 5.95. The summed E-state index contributed by atoms with van der Waals surface area (Å²) in [5.41, 5.74) is -1.05. The first-order chi connectivity index (χ1) is 15.3. The number of pyridine rings is 1. The van der Waals surface area contributed by atoms with Crippen molar-refractivity contribution in [1.29, 1.82) is 0 Å². The molecule has 5 nitrogen and oxygen atoms in total. The van der Waals surface area contributed by atoms with Crippen LogP contribution in [0.25, 0.3) is 10.9 Å². The zero-order valence-corrected chi connectivity index (χ0v) is 17.6. The van der Waals surface area contributed by atoms with Gasteiger partial charge < -0.3 is 15.2 Å². The number of nitrogens with zero attached hydrogens (tertiary/aromatic N) is 1. The Balaban J connectivity index is 1.68. The van der Waals surface area contributed by atoms with Gasteiger partial charge in [-0.05, 0) is 56.0 Å². The van der Waals surface area contributed by atoms with Gasteiger partial charge in [0.15, 0.2) is 0 Å². The minimum absolute atomic E-state index is 0.196. The zero-order valence-electron chi connectivity index (χ0n) is 17.6. The lowest BCUT2D eigenvalue weighted by atomic mass is 9.98. The molecule has 2 heterocycles. The number of rotatable bonds is 4. The summed E-state index contributed by atoms with van der Waals surface area (Å²) >= 11 is 0. The third kappa shape index (κ3) is 4.22. The number of hydrogen-bond donors (Lipinski definition) is 2. The second-order valence-corrected chi connectivity index (χ2v) is 8.01. The second-order valence-electron chi connectivity index (χ2n) is 8.01. The number of para-hydroxylation sites is 1. The summed E-state index contributed by atoms with van der Waals surface area (Å²) in [5, 5.41) is 2.59. The van der Waals surface area contributed by atoms with Gasteiger partial charge in [0.05, 0.1) is 11.3 Å². The van der Waals surface area contributed by atoms with Crippen molar-refractivity contribution >= 4 is 28.2 Å². The molecule has 2 aromatic carbocycles. The number of anilines is 2. The lowest BCUT2D eigenvalue weighted by Gasteiger charge is -2.37. The second kappa shape index (κ2) is 8.68. The number of carbonyl (C=O) groups is 1. The Bertz CT molecular complexity index is 1200. The highest BCUT2D eigenvalue weighted by atomic mass is 19.4. The van der Waals surface area contributed by atoms with Gasteiger partial charge in [0, 0.05) is 35.4 Å².